The summed E-state index contributed by atoms with van der Waals surface area (Å²) in [6.45, 7) is 5.34. The van der Waals surface area contributed by atoms with E-state index in [0.717, 1.165) is 16.8 Å². The third-order valence-corrected chi connectivity index (χ3v) is 4.91. The summed E-state index contributed by atoms with van der Waals surface area (Å²) in [5.41, 5.74) is -2.55. The van der Waals surface area contributed by atoms with E-state index in [0.29, 0.717) is 16.9 Å². The van der Waals surface area contributed by atoms with Crippen LogP contribution in [0, 0.1) is 11.3 Å². The van der Waals surface area contributed by atoms with Crippen LogP contribution in [0.15, 0.2) is 39.9 Å². The van der Waals surface area contributed by atoms with Crippen molar-refractivity contribution in [3.63, 3.8) is 0 Å². The van der Waals surface area contributed by atoms with E-state index >= 15 is 0 Å². The van der Waals surface area contributed by atoms with Crippen molar-refractivity contribution in [3.05, 3.63) is 62.2 Å². The number of hydrogen-bond donors (Lipinski definition) is 1. The van der Waals surface area contributed by atoms with Crippen LogP contribution in [0.4, 0.5) is 0 Å². The number of nitrogens with one attached hydrogen (secondary N) is 1. The molecule has 26 heavy (non-hydrogen) atoms. The number of benzene rings is 1. The van der Waals surface area contributed by atoms with Crippen molar-refractivity contribution in [2.24, 2.45) is 0 Å². The smallest absolute Gasteiger partial charge is 0.293 e. The number of nitrogens with zero attached hydrogens (tertiary/aromatic N) is 2. The van der Waals surface area contributed by atoms with Gasteiger partial charge in [0.25, 0.3) is 17.6 Å². The fourth-order valence-corrected chi connectivity index (χ4v) is 3.25. The van der Waals surface area contributed by atoms with Crippen molar-refractivity contribution in [2.45, 2.75) is 38.0 Å². The normalized spacial score (nSPS) is 23.2. The lowest BCUT2D eigenvalue weighted by atomic mass is 9.75. The second-order valence-corrected chi connectivity index (χ2v) is 6.72. The van der Waals surface area contributed by atoms with Crippen molar-refractivity contribution < 1.29 is 14.3 Å². The first-order chi connectivity index (χ1) is 12.2. The third kappa shape index (κ3) is 2.49. The molecule has 1 aromatic heterocycles. The van der Waals surface area contributed by atoms with Gasteiger partial charge in [-0.15, -0.1) is 0 Å². The topological polar surface area (TPSA) is 114 Å². The molecular weight excluding hydrogens is 338 g/mol. The highest BCUT2D eigenvalue weighted by Gasteiger charge is 2.57. The molecule has 2 heterocycles. The summed E-state index contributed by atoms with van der Waals surface area (Å²) in [6.07, 6.45) is 0. The maximum absolute atomic E-state index is 12.5. The summed E-state index contributed by atoms with van der Waals surface area (Å²) < 4.78 is 12.5. The maximum atomic E-state index is 12.5. The van der Waals surface area contributed by atoms with Crippen molar-refractivity contribution >= 4 is 6.47 Å². The van der Waals surface area contributed by atoms with Crippen LogP contribution in [-0.2, 0) is 9.53 Å². The van der Waals surface area contributed by atoms with E-state index in [2.05, 4.69) is 5.10 Å². The second kappa shape index (κ2) is 5.88. The molecule has 0 saturated carbocycles. The molecule has 1 N–H and O–H groups in total. The summed E-state index contributed by atoms with van der Waals surface area (Å²) in [4.78, 5) is 35.6. The Kier molecular flexibility index (Phi) is 3.95. The van der Waals surface area contributed by atoms with Crippen LogP contribution < -0.4 is 15.9 Å². The lowest BCUT2D eigenvalue weighted by Crippen LogP contribution is -2.62. The molecule has 2 aromatic rings. The number of hydrogen-bond acceptors (Lipinski definition) is 6. The fourth-order valence-electron chi connectivity index (χ4n) is 3.25. The van der Waals surface area contributed by atoms with Gasteiger partial charge in [-0.2, -0.15) is 5.26 Å². The Hall–Kier alpha value is -3.34. The van der Waals surface area contributed by atoms with Gasteiger partial charge in [0.2, 0.25) is 0 Å². The van der Waals surface area contributed by atoms with Crippen LogP contribution >= 0.6 is 0 Å². The van der Waals surface area contributed by atoms with Crippen molar-refractivity contribution in [2.75, 3.05) is 0 Å². The maximum Gasteiger partial charge on any atom is 0.293 e. The lowest BCUT2D eigenvalue weighted by molar-refractivity contribution is -0.181. The fraction of sp³-hybridized carbons (Fsp3) is 0.333. The van der Waals surface area contributed by atoms with Crippen LogP contribution in [0.2, 0.25) is 0 Å². The van der Waals surface area contributed by atoms with Crippen LogP contribution in [0.5, 0.6) is 5.75 Å². The van der Waals surface area contributed by atoms with Gasteiger partial charge >= 0.3 is 0 Å². The zero-order chi connectivity index (χ0) is 19.1. The highest BCUT2D eigenvalue weighted by molar-refractivity contribution is 5.49. The second-order valence-electron chi connectivity index (χ2n) is 6.72. The molecule has 2 unspecified atom stereocenters. The van der Waals surface area contributed by atoms with Crippen LogP contribution in [0.3, 0.4) is 0 Å². The van der Waals surface area contributed by atoms with Gasteiger partial charge in [-0.25, -0.2) is 4.68 Å². The summed E-state index contributed by atoms with van der Waals surface area (Å²) in [6, 6.07) is 8.15. The van der Waals surface area contributed by atoms with Gasteiger partial charge < -0.3 is 9.47 Å². The Morgan fingerprint density at radius 1 is 1.27 bits per heavy atom. The Bertz CT molecular complexity index is 1030. The van der Waals surface area contributed by atoms with Gasteiger partial charge in [0, 0.05) is 17.7 Å². The van der Waals surface area contributed by atoms with E-state index < -0.39 is 28.4 Å². The van der Waals surface area contributed by atoms with Gasteiger partial charge in [0.1, 0.15) is 17.4 Å². The van der Waals surface area contributed by atoms with Crippen LogP contribution in [-0.4, -0.2) is 27.5 Å². The molecule has 8 nitrogen and oxygen atoms in total. The Labute approximate surface area is 148 Å². The predicted molar refractivity (Wildman–Crippen MR) is 90.9 cm³/mol. The summed E-state index contributed by atoms with van der Waals surface area (Å²) in [7, 11) is 0. The van der Waals surface area contributed by atoms with Crippen molar-refractivity contribution in [3.8, 4) is 11.8 Å². The molecule has 0 saturated heterocycles. The number of nitriles is 1. The van der Waals surface area contributed by atoms with E-state index in [1.54, 1.807) is 39.0 Å². The zero-order valence-corrected chi connectivity index (χ0v) is 14.5. The molecule has 8 heteroatoms. The van der Waals surface area contributed by atoms with Gasteiger partial charge in [0.05, 0.1) is 11.6 Å². The number of fused-ring (bicyclic) bond motifs is 1. The standard InChI is InChI=1S/C18H17N3O5/c1-17(2)18(3,25-10-22)16(21-15(24)7-6-14(23)20-21)12-8-11(9-19)4-5-13(12)26-17/h4-8,10,16H,1-3H3,(H,20,23). The zero-order valence-electron chi connectivity index (χ0n) is 14.5. The van der Waals surface area contributed by atoms with Crippen molar-refractivity contribution in [1.82, 2.24) is 9.78 Å². The van der Waals surface area contributed by atoms with E-state index in [1.807, 2.05) is 6.07 Å². The van der Waals surface area contributed by atoms with E-state index in [9.17, 15) is 19.6 Å². The number of carbonyl (C=O) groups excluding carboxylic acids is 1. The first-order valence-corrected chi connectivity index (χ1v) is 7.90. The highest BCUT2D eigenvalue weighted by Crippen LogP contribution is 2.49. The first-order valence-electron chi connectivity index (χ1n) is 7.90. The van der Waals surface area contributed by atoms with E-state index in [4.69, 9.17) is 9.47 Å². The molecule has 0 bridgehead atoms. The minimum Gasteiger partial charge on any atom is -0.483 e. The van der Waals surface area contributed by atoms with Gasteiger partial charge in [-0.3, -0.25) is 19.5 Å². The van der Waals surface area contributed by atoms with Crippen LogP contribution in [0.25, 0.3) is 0 Å². The molecule has 0 radical (unpaired) electrons. The van der Waals surface area contributed by atoms with E-state index in [-0.39, 0.29) is 6.47 Å². The Morgan fingerprint density at radius 2 is 2.00 bits per heavy atom. The largest absolute Gasteiger partial charge is 0.483 e. The van der Waals surface area contributed by atoms with Crippen molar-refractivity contribution in [1.29, 1.82) is 5.26 Å². The predicted octanol–water partition coefficient (Wildman–Crippen LogP) is 1.10. The highest BCUT2D eigenvalue weighted by atomic mass is 16.6. The minimum absolute atomic E-state index is 0.281. The Balaban J connectivity index is 2.40. The summed E-state index contributed by atoms with van der Waals surface area (Å²) in [5, 5.41) is 11.7. The van der Waals surface area contributed by atoms with Gasteiger partial charge in [0.15, 0.2) is 5.60 Å². The molecule has 1 aliphatic rings. The molecule has 0 spiro atoms. The average Bonchev–Trinajstić information content (AvgIpc) is 2.58. The number of aromatic amines is 1. The minimum atomic E-state index is -1.34. The van der Waals surface area contributed by atoms with Gasteiger partial charge in [-0.05, 0) is 39.0 Å². The molecule has 2 atom stereocenters. The molecule has 134 valence electrons. The molecular formula is C18H17N3O5. The summed E-state index contributed by atoms with van der Waals surface area (Å²) in [5.74, 6) is 0.433. The molecule has 3 rings (SSSR count). The quantitative estimate of drug-likeness (QED) is 0.825. The SMILES string of the molecule is CC1(C)Oc2ccc(C#N)cc2C(n2[nH]c(=O)ccc2=O)C1(C)OC=O. The number of rotatable bonds is 3. The number of carbonyl (C=O) groups is 1. The average molecular weight is 355 g/mol. The third-order valence-electron chi connectivity index (χ3n) is 4.91. The molecule has 1 aromatic carbocycles. The number of H-pyrrole nitrogens is 1. The van der Waals surface area contributed by atoms with Crippen LogP contribution in [0.1, 0.15) is 37.9 Å². The Morgan fingerprint density at radius 3 is 2.65 bits per heavy atom. The molecule has 0 aliphatic carbocycles. The van der Waals surface area contributed by atoms with Gasteiger partial charge in [-0.1, -0.05) is 0 Å². The molecule has 1 aliphatic heterocycles. The number of aromatic nitrogens is 2. The molecule has 0 fully saturated rings. The molecule has 0 amide bonds. The summed E-state index contributed by atoms with van der Waals surface area (Å²) >= 11 is 0. The first kappa shape index (κ1) is 17.5. The van der Waals surface area contributed by atoms with E-state index in [1.165, 1.54) is 0 Å². The lowest BCUT2D eigenvalue weighted by Gasteiger charge is -2.50. The number of ether oxygens (including phenoxy) is 2. The monoisotopic (exact) mass is 355 g/mol.